The molecule has 53 heavy (non-hydrogen) atoms. The van der Waals surface area contributed by atoms with E-state index in [1.54, 1.807) is 27.9 Å². The van der Waals surface area contributed by atoms with Gasteiger partial charge in [0, 0.05) is 67.0 Å². The van der Waals surface area contributed by atoms with Gasteiger partial charge in [0.2, 0.25) is 21.8 Å². The van der Waals surface area contributed by atoms with E-state index in [1.165, 1.54) is 75.0 Å². The summed E-state index contributed by atoms with van der Waals surface area (Å²) in [6.45, 7) is 2.94. The maximum absolute atomic E-state index is 13.8. The molecule has 0 aromatic heterocycles. The summed E-state index contributed by atoms with van der Waals surface area (Å²) in [5, 5.41) is 21.6. The van der Waals surface area contributed by atoms with Gasteiger partial charge in [0.15, 0.2) is 0 Å². The van der Waals surface area contributed by atoms with Crippen LogP contribution in [-0.2, 0) is 47.1 Å². The first-order valence-electron chi connectivity index (χ1n) is 16.4. The van der Waals surface area contributed by atoms with Crippen LogP contribution in [0.15, 0.2) is 59.1 Å². The predicted molar refractivity (Wildman–Crippen MR) is 189 cm³/mol. The van der Waals surface area contributed by atoms with Crippen molar-refractivity contribution in [3.63, 3.8) is 0 Å². The van der Waals surface area contributed by atoms with Gasteiger partial charge in [-0.05, 0) is 48.7 Å². The molecule has 0 aliphatic carbocycles. The van der Waals surface area contributed by atoms with E-state index in [9.17, 15) is 47.8 Å². The van der Waals surface area contributed by atoms with Crippen molar-refractivity contribution in [2.45, 2.75) is 56.9 Å². The first kappa shape index (κ1) is 39.1. The standard InChI is InChI=1S/C33H38N6O12S2/c1-18-27-26(19(2)34-53(5,48)49)31(41)37(27)28(32(42)50-16-20-6-10-22(11-7-20)38(44)45)29(18)52-24-14-25(30(40)35(3)4)36(15-24)33(43)51-17-21-8-12-23(13-9-21)39(46)47/h6-13,18-19,24-27,34H,14-17H2,1-5H3/t18-,19?,24+,25+,26-,27-/m1/s1. The Hall–Kier alpha value is -5.08. The molecule has 3 aliphatic rings. The lowest BCUT2D eigenvalue weighted by molar-refractivity contribution is -0.385. The molecule has 6 atom stereocenters. The summed E-state index contributed by atoms with van der Waals surface area (Å²) >= 11 is 1.22. The highest BCUT2D eigenvalue weighted by molar-refractivity contribution is 8.03. The molecule has 2 aromatic carbocycles. The summed E-state index contributed by atoms with van der Waals surface area (Å²) in [5.41, 5.74) is 0.658. The van der Waals surface area contributed by atoms with E-state index >= 15 is 0 Å². The Morgan fingerprint density at radius 2 is 1.51 bits per heavy atom. The largest absolute Gasteiger partial charge is 0.456 e. The number of nitro benzene ring substituents is 2. The smallest absolute Gasteiger partial charge is 0.410 e. The van der Waals surface area contributed by atoms with Gasteiger partial charge in [0.25, 0.3) is 11.4 Å². The number of non-ortho nitro benzene ring substituents is 2. The number of nitrogens with one attached hydrogen (secondary N) is 1. The fourth-order valence-corrected chi connectivity index (χ4v) is 9.11. The number of carbonyl (C=O) groups is 4. The Labute approximate surface area is 308 Å². The van der Waals surface area contributed by atoms with E-state index in [-0.39, 0.29) is 49.2 Å². The normalized spacial score (nSPS) is 22.9. The summed E-state index contributed by atoms with van der Waals surface area (Å²) in [4.78, 5) is 79.4. The number of sulfonamides is 1. The topological polar surface area (TPSA) is 229 Å². The number of β-lactam (4-membered cyclic amide) rings is 1. The number of carbonyl (C=O) groups excluding carboxylic acids is 4. The lowest BCUT2D eigenvalue weighted by Gasteiger charge is -2.47. The quantitative estimate of drug-likeness (QED) is 0.134. The molecule has 284 valence electrons. The van der Waals surface area contributed by atoms with Gasteiger partial charge in [-0.2, -0.15) is 0 Å². The Morgan fingerprint density at radius 3 is 2.00 bits per heavy atom. The van der Waals surface area contributed by atoms with Gasteiger partial charge < -0.3 is 19.3 Å². The van der Waals surface area contributed by atoms with Crippen molar-refractivity contribution in [2.24, 2.45) is 11.8 Å². The van der Waals surface area contributed by atoms with Gasteiger partial charge in [0.05, 0.1) is 28.1 Å². The highest BCUT2D eigenvalue weighted by Gasteiger charge is 2.61. The third kappa shape index (κ3) is 8.44. The van der Waals surface area contributed by atoms with E-state index in [2.05, 4.69) is 4.72 Å². The van der Waals surface area contributed by atoms with Gasteiger partial charge in [-0.15, -0.1) is 11.8 Å². The molecule has 3 amide bonds. The van der Waals surface area contributed by atoms with Crippen LogP contribution >= 0.6 is 11.8 Å². The minimum Gasteiger partial charge on any atom is -0.456 e. The van der Waals surface area contributed by atoms with Crippen molar-refractivity contribution < 1.29 is 46.9 Å². The van der Waals surface area contributed by atoms with Gasteiger partial charge in [-0.1, -0.05) is 6.92 Å². The van der Waals surface area contributed by atoms with Crippen LogP contribution in [-0.4, -0.2) is 107 Å². The van der Waals surface area contributed by atoms with Gasteiger partial charge >= 0.3 is 12.1 Å². The first-order valence-corrected chi connectivity index (χ1v) is 19.1. The van der Waals surface area contributed by atoms with Crippen LogP contribution in [0.3, 0.4) is 0 Å². The molecule has 0 bridgehead atoms. The average molecular weight is 775 g/mol. The van der Waals surface area contributed by atoms with E-state index < -0.39 is 73.1 Å². The van der Waals surface area contributed by atoms with E-state index in [1.807, 2.05) is 0 Å². The van der Waals surface area contributed by atoms with Gasteiger partial charge in [0.1, 0.15) is 25.0 Å². The number of hydrogen-bond donors (Lipinski definition) is 1. The number of nitrogens with zero attached hydrogens (tertiary/aromatic N) is 5. The number of thioether (sulfide) groups is 1. The van der Waals surface area contributed by atoms with E-state index in [4.69, 9.17) is 9.47 Å². The van der Waals surface area contributed by atoms with Crippen molar-refractivity contribution in [3.8, 4) is 0 Å². The molecule has 2 saturated heterocycles. The molecule has 0 spiro atoms. The molecule has 18 nitrogen and oxygen atoms in total. The molecule has 20 heteroatoms. The minimum absolute atomic E-state index is 0.0306. The van der Waals surface area contributed by atoms with Crippen LogP contribution in [0.2, 0.25) is 0 Å². The van der Waals surface area contributed by atoms with Crippen molar-refractivity contribution in [3.05, 3.63) is 90.5 Å². The fraction of sp³-hybridized carbons (Fsp3) is 0.455. The minimum atomic E-state index is -3.67. The zero-order valence-electron chi connectivity index (χ0n) is 29.4. The second-order valence-electron chi connectivity index (χ2n) is 13.3. The number of benzene rings is 2. The number of esters is 1. The fourth-order valence-electron chi connectivity index (χ4n) is 6.77. The summed E-state index contributed by atoms with van der Waals surface area (Å²) in [6.07, 6.45) is 0.364. The summed E-state index contributed by atoms with van der Waals surface area (Å²) in [5.74, 6) is -2.95. The van der Waals surface area contributed by atoms with Crippen LogP contribution in [0.25, 0.3) is 0 Å². The van der Waals surface area contributed by atoms with Crippen LogP contribution in [0.1, 0.15) is 31.4 Å². The van der Waals surface area contributed by atoms with Crippen molar-refractivity contribution in [1.82, 2.24) is 19.4 Å². The Morgan fingerprint density at radius 1 is 0.981 bits per heavy atom. The highest BCUT2D eigenvalue weighted by atomic mass is 32.2. The van der Waals surface area contributed by atoms with Crippen molar-refractivity contribution in [1.29, 1.82) is 0 Å². The van der Waals surface area contributed by atoms with E-state index in [0.29, 0.717) is 16.0 Å². The Bertz CT molecular complexity index is 1950. The lowest BCUT2D eigenvalue weighted by atomic mass is 9.78. The SMILES string of the molecule is CC(NS(C)(=O)=O)[C@H]1C(=O)N2C(C(=O)OCc3ccc([N+](=O)[O-])cc3)=C(S[C@H]3C[C@@H](C(=O)N(C)C)N(C(=O)OCc4ccc([N+](=O)[O-])cc4)C3)[C@H](C)[C@H]12. The van der Waals surface area contributed by atoms with Crippen LogP contribution in [0, 0.1) is 32.1 Å². The van der Waals surface area contributed by atoms with Crippen LogP contribution < -0.4 is 4.72 Å². The molecule has 3 heterocycles. The summed E-state index contributed by atoms with van der Waals surface area (Å²) < 4.78 is 37.7. The van der Waals surface area contributed by atoms with Crippen LogP contribution in [0.5, 0.6) is 0 Å². The summed E-state index contributed by atoms with van der Waals surface area (Å²) in [7, 11) is -0.578. The average Bonchev–Trinajstić information content (AvgIpc) is 3.62. The molecule has 0 radical (unpaired) electrons. The molecule has 1 N–H and O–H groups in total. The second kappa shape index (κ2) is 15.5. The highest BCUT2D eigenvalue weighted by Crippen LogP contribution is 2.52. The number of likely N-dealkylation sites (N-methyl/N-ethyl adjacent to an activating group) is 1. The molecular formula is C33H38N6O12S2. The Balaban J connectivity index is 1.38. The van der Waals surface area contributed by atoms with Gasteiger partial charge in [-0.3, -0.25) is 34.7 Å². The molecule has 0 saturated carbocycles. The summed E-state index contributed by atoms with van der Waals surface area (Å²) in [6, 6.07) is 8.58. The van der Waals surface area contributed by atoms with Gasteiger partial charge in [-0.25, -0.2) is 22.7 Å². The molecular weight excluding hydrogens is 737 g/mol. The molecule has 2 fully saturated rings. The van der Waals surface area contributed by atoms with E-state index in [0.717, 1.165) is 6.26 Å². The molecule has 1 unspecified atom stereocenters. The number of likely N-dealkylation sites (tertiary alicyclic amines) is 1. The Kier molecular flexibility index (Phi) is 11.4. The molecule has 3 aliphatic heterocycles. The number of fused-ring (bicyclic) bond motifs is 1. The monoisotopic (exact) mass is 774 g/mol. The third-order valence-electron chi connectivity index (χ3n) is 9.26. The number of amides is 3. The third-order valence-corrected chi connectivity index (χ3v) is 11.6. The first-order chi connectivity index (χ1) is 24.9. The maximum Gasteiger partial charge on any atom is 0.410 e. The van der Waals surface area contributed by atoms with Crippen molar-refractivity contribution >= 4 is 57.0 Å². The molecule has 5 rings (SSSR count). The lowest BCUT2D eigenvalue weighted by Crippen LogP contribution is -2.66. The number of ether oxygens (including phenoxy) is 2. The number of hydrogen-bond acceptors (Lipinski definition) is 13. The zero-order chi connectivity index (χ0) is 38.9. The predicted octanol–water partition coefficient (Wildman–Crippen LogP) is 2.77. The molecule has 2 aromatic rings. The zero-order valence-corrected chi connectivity index (χ0v) is 31.0. The number of nitro groups is 2. The maximum atomic E-state index is 13.8. The van der Waals surface area contributed by atoms with Crippen LogP contribution in [0.4, 0.5) is 16.2 Å². The van der Waals surface area contributed by atoms with Crippen molar-refractivity contribution in [2.75, 3.05) is 26.9 Å². The second-order valence-corrected chi connectivity index (χ2v) is 16.4. The number of rotatable bonds is 13.